The molecule has 220 valence electrons. The second-order valence-corrected chi connectivity index (χ2v) is 10.8. The van der Waals surface area contributed by atoms with Crippen molar-refractivity contribution in [2.75, 3.05) is 25.8 Å². The number of methoxy groups -OCH3 is 2. The number of benzene rings is 1. The fraction of sp³-hybridized carbons (Fsp3) is 0.308. The van der Waals surface area contributed by atoms with E-state index in [0.717, 1.165) is 36.4 Å². The van der Waals surface area contributed by atoms with Gasteiger partial charge in [-0.25, -0.2) is 0 Å². The Bertz CT molecular complexity index is 1630. The lowest BCUT2D eigenvalue weighted by Crippen LogP contribution is -2.35. The lowest BCUT2D eigenvalue weighted by atomic mass is 9.89. The Morgan fingerprint density at radius 3 is 2.22 bits per heavy atom. The molecule has 11 nitrogen and oxygen atoms in total. The van der Waals surface area contributed by atoms with Crippen molar-refractivity contribution in [1.29, 1.82) is 0 Å². The van der Waals surface area contributed by atoms with Gasteiger partial charge in [-0.3, -0.25) is 19.3 Å². The van der Waals surface area contributed by atoms with Crippen LogP contribution in [0.2, 0.25) is 0 Å². The standard InChI is InChI=1S/C25H23F3N4O4.CH4O3S/c1-24(2,25(26,27)28)21-11-22(32-36-21)31-23(33)7-14-5-6-17(29-12-14)16-8-15-9-19(34-3)20(35-4)10-18(15)30-13-16;1-5(2,3)4/h5-6,8-13H,7H2,1-4H3,(H,31,32,33);1H3,(H,2,3,4). The summed E-state index contributed by atoms with van der Waals surface area (Å²) in [6, 6.07) is 10.1. The van der Waals surface area contributed by atoms with E-state index in [9.17, 15) is 26.4 Å². The van der Waals surface area contributed by atoms with Crippen molar-refractivity contribution in [1.82, 2.24) is 15.1 Å². The van der Waals surface area contributed by atoms with Crippen LogP contribution in [0.1, 0.15) is 25.2 Å². The molecule has 41 heavy (non-hydrogen) atoms. The molecule has 1 amide bonds. The molecule has 2 N–H and O–H groups in total. The number of hydrogen-bond donors (Lipinski definition) is 2. The number of aromatic nitrogens is 3. The monoisotopic (exact) mass is 596 g/mol. The van der Waals surface area contributed by atoms with Crippen molar-refractivity contribution in [2.45, 2.75) is 31.9 Å². The number of amides is 1. The molecule has 0 spiro atoms. The van der Waals surface area contributed by atoms with Crippen LogP contribution in [0.5, 0.6) is 11.5 Å². The number of nitrogens with zero attached hydrogens (tertiary/aromatic N) is 3. The number of carbonyl (C=O) groups is 1. The number of ether oxygens (including phenoxy) is 2. The molecule has 0 saturated carbocycles. The highest BCUT2D eigenvalue weighted by molar-refractivity contribution is 7.85. The van der Waals surface area contributed by atoms with E-state index in [-0.39, 0.29) is 12.2 Å². The van der Waals surface area contributed by atoms with Gasteiger partial charge >= 0.3 is 6.18 Å². The topological polar surface area (TPSA) is 154 Å². The Hall–Kier alpha value is -4.24. The number of hydrogen-bond acceptors (Lipinski definition) is 9. The summed E-state index contributed by atoms with van der Waals surface area (Å²) < 4.78 is 80.9. The van der Waals surface area contributed by atoms with Gasteiger partial charge in [0, 0.05) is 35.5 Å². The molecule has 0 atom stereocenters. The van der Waals surface area contributed by atoms with Crippen molar-refractivity contribution in [3.63, 3.8) is 0 Å². The molecule has 4 aromatic rings. The van der Waals surface area contributed by atoms with Crippen molar-refractivity contribution in [3.05, 3.63) is 60.1 Å². The van der Waals surface area contributed by atoms with E-state index in [4.69, 9.17) is 18.5 Å². The molecule has 3 aromatic heterocycles. The van der Waals surface area contributed by atoms with Crippen LogP contribution in [-0.2, 0) is 26.7 Å². The summed E-state index contributed by atoms with van der Waals surface area (Å²) in [5.41, 5.74) is 0.527. The zero-order valence-electron chi connectivity index (χ0n) is 22.6. The quantitative estimate of drug-likeness (QED) is 0.284. The first-order valence-corrected chi connectivity index (χ1v) is 13.6. The van der Waals surface area contributed by atoms with Gasteiger partial charge in [0.15, 0.2) is 23.1 Å². The summed E-state index contributed by atoms with van der Waals surface area (Å²) in [6.45, 7) is 1.95. The van der Waals surface area contributed by atoms with E-state index in [1.165, 1.54) is 0 Å². The average molecular weight is 597 g/mol. The largest absolute Gasteiger partial charge is 0.493 e. The molecule has 4 rings (SSSR count). The van der Waals surface area contributed by atoms with Gasteiger partial charge in [0.2, 0.25) is 5.91 Å². The van der Waals surface area contributed by atoms with E-state index < -0.39 is 33.4 Å². The maximum atomic E-state index is 13.2. The number of rotatable bonds is 7. The molecule has 0 radical (unpaired) electrons. The van der Waals surface area contributed by atoms with Crippen LogP contribution < -0.4 is 14.8 Å². The molecule has 3 heterocycles. The number of fused-ring (bicyclic) bond motifs is 1. The van der Waals surface area contributed by atoms with Crippen LogP contribution in [-0.4, -0.2) is 60.7 Å². The highest BCUT2D eigenvalue weighted by atomic mass is 32.2. The lowest BCUT2D eigenvalue weighted by Gasteiger charge is -2.24. The Balaban J connectivity index is 0.000000850. The predicted molar refractivity (Wildman–Crippen MR) is 143 cm³/mol. The van der Waals surface area contributed by atoms with Crippen LogP contribution in [0.3, 0.4) is 0 Å². The third-order valence-electron chi connectivity index (χ3n) is 5.77. The summed E-state index contributed by atoms with van der Waals surface area (Å²) in [6.07, 6.45) is -0.624. The van der Waals surface area contributed by atoms with Gasteiger partial charge < -0.3 is 19.3 Å². The van der Waals surface area contributed by atoms with Crippen LogP contribution in [0, 0.1) is 0 Å². The Morgan fingerprint density at radius 2 is 1.66 bits per heavy atom. The van der Waals surface area contributed by atoms with E-state index in [2.05, 4.69) is 20.4 Å². The van der Waals surface area contributed by atoms with Crippen LogP contribution in [0.25, 0.3) is 22.2 Å². The molecule has 0 bridgehead atoms. The van der Waals surface area contributed by atoms with Gasteiger partial charge in [-0.15, -0.1) is 0 Å². The van der Waals surface area contributed by atoms with Crippen molar-refractivity contribution >= 4 is 32.7 Å². The summed E-state index contributed by atoms with van der Waals surface area (Å²) in [7, 11) is -0.552. The van der Waals surface area contributed by atoms with Crippen LogP contribution >= 0.6 is 0 Å². The number of halogens is 3. The minimum atomic E-state index is -4.53. The number of pyridine rings is 2. The molecular formula is C26H27F3N4O7S. The highest BCUT2D eigenvalue weighted by Crippen LogP contribution is 2.41. The van der Waals surface area contributed by atoms with Gasteiger partial charge in [0.05, 0.1) is 38.1 Å². The van der Waals surface area contributed by atoms with Crippen molar-refractivity contribution in [2.24, 2.45) is 0 Å². The number of carbonyl (C=O) groups excluding carboxylic acids is 1. The first kappa shape index (κ1) is 31.3. The maximum absolute atomic E-state index is 13.2. The molecule has 1 aromatic carbocycles. The zero-order chi connectivity index (χ0) is 30.6. The highest BCUT2D eigenvalue weighted by Gasteiger charge is 2.51. The van der Waals surface area contributed by atoms with Crippen LogP contribution in [0.4, 0.5) is 19.0 Å². The molecule has 0 saturated heterocycles. The third-order valence-corrected chi connectivity index (χ3v) is 5.77. The Labute approximate surface area is 233 Å². The van der Waals surface area contributed by atoms with E-state index in [1.807, 2.05) is 12.1 Å². The first-order chi connectivity index (χ1) is 19.0. The van der Waals surface area contributed by atoms with E-state index in [0.29, 0.717) is 29.0 Å². The molecule has 0 fully saturated rings. The molecule has 0 aliphatic rings. The Kier molecular flexibility index (Phi) is 9.23. The fourth-order valence-electron chi connectivity index (χ4n) is 3.44. The predicted octanol–water partition coefficient (Wildman–Crippen LogP) is 4.83. The Morgan fingerprint density at radius 1 is 1.02 bits per heavy atom. The van der Waals surface area contributed by atoms with Gasteiger partial charge in [-0.2, -0.15) is 21.6 Å². The number of nitrogens with one attached hydrogen (secondary N) is 1. The van der Waals surface area contributed by atoms with Gasteiger partial charge in [0.25, 0.3) is 10.1 Å². The average Bonchev–Trinajstić information content (AvgIpc) is 3.35. The molecule has 0 aliphatic carbocycles. The van der Waals surface area contributed by atoms with Gasteiger partial charge in [-0.05, 0) is 37.6 Å². The van der Waals surface area contributed by atoms with E-state index in [1.54, 1.807) is 44.8 Å². The second-order valence-electron chi connectivity index (χ2n) is 9.33. The van der Waals surface area contributed by atoms with Crippen molar-refractivity contribution in [3.8, 4) is 22.8 Å². The number of anilines is 1. The molecule has 15 heteroatoms. The molecule has 0 aliphatic heterocycles. The van der Waals surface area contributed by atoms with Crippen LogP contribution in [0.15, 0.2) is 53.3 Å². The number of alkyl halides is 3. The maximum Gasteiger partial charge on any atom is 0.401 e. The minimum Gasteiger partial charge on any atom is -0.493 e. The summed E-state index contributed by atoms with van der Waals surface area (Å²) >= 11 is 0. The SMILES string of the molecule is COc1cc2cc(-c3ccc(CC(=O)Nc4cc(C(C)(C)C(F)(F)F)on4)cn3)cnc2cc1OC.CS(=O)(=O)O. The fourth-order valence-corrected chi connectivity index (χ4v) is 3.44. The summed E-state index contributed by atoms with van der Waals surface area (Å²) in [5, 5.41) is 6.83. The third kappa shape index (κ3) is 8.14. The van der Waals surface area contributed by atoms with Crippen molar-refractivity contribution < 1.29 is 44.9 Å². The normalized spacial score (nSPS) is 11.9. The minimum absolute atomic E-state index is 0.0505. The lowest BCUT2D eigenvalue weighted by molar-refractivity contribution is -0.185. The molecular weight excluding hydrogens is 569 g/mol. The summed E-state index contributed by atoms with van der Waals surface area (Å²) in [5.74, 6) is 0.210. The van der Waals surface area contributed by atoms with Gasteiger partial charge in [-0.1, -0.05) is 11.2 Å². The summed E-state index contributed by atoms with van der Waals surface area (Å²) in [4.78, 5) is 21.3. The molecule has 0 unspecified atom stereocenters. The second kappa shape index (κ2) is 12.1. The van der Waals surface area contributed by atoms with E-state index >= 15 is 0 Å². The first-order valence-electron chi connectivity index (χ1n) is 11.7. The smallest absolute Gasteiger partial charge is 0.401 e. The van der Waals surface area contributed by atoms with Gasteiger partial charge in [0.1, 0.15) is 5.41 Å². The zero-order valence-corrected chi connectivity index (χ0v) is 23.4.